The van der Waals surface area contributed by atoms with Crippen molar-refractivity contribution in [2.75, 3.05) is 7.11 Å². The number of methoxy groups -OCH3 is 1. The maximum Gasteiger partial charge on any atom is 0.311 e. The lowest BCUT2D eigenvalue weighted by molar-refractivity contribution is -0.146. The van der Waals surface area contributed by atoms with Gasteiger partial charge in [0.15, 0.2) is 0 Å². The highest BCUT2D eigenvalue weighted by Crippen LogP contribution is 2.19. The van der Waals surface area contributed by atoms with Crippen LogP contribution in [-0.4, -0.2) is 30.0 Å². The zero-order valence-electron chi connectivity index (χ0n) is 16.5. The number of esters is 1. The highest BCUT2D eigenvalue weighted by atomic mass is 16.5. The molecule has 7 nitrogen and oxygen atoms in total. The van der Waals surface area contributed by atoms with Gasteiger partial charge >= 0.3 is 5.97 Å². The van der Waals surface area contributed by atoms with E-state index in [4.69, 9.17) is 16.2 Å². The second kappa shape index (κ2) is 8.89. The topological polar surface area (TPSA) is 123 Å². The molecule has 0 radical (unpaired) electrons. The molecule has 0 aliphatic carbocycles. The molecule has 0 saturated heterocycles. The number of hydrogen-bond donors (Lipinski definition) is 4. The molecule has 7 heteroatoms. The summed E-state index contributed by atoms with van der Waals surface area (Å²) in [4.78, 5) is 28.2. The summed E-state index contributed by atoms with van der Waals surface area (Å²) in [7, 11) is 1.34. The van der Waals surface area contributed by atoms with Crippen molar-refractivity contribution in [3.63, 3.8) is 0 Å². The maximum absolute atomic E-state index is 12.7. The lowest BCUT2D eigenvalue weighted by Gasteiger charge is -2.23. The molecular weight excluding hydrogens is 368 g/mol. The predicted octanol–water partition coefficient (Wildman–Crippen LogP) is 2.23. The van der Waals surface area contributed by atoms with E-state index in [9.17, 15) is 9.59 Å². The first-order valence-electron chi connectivity index (χ1n) is 9.45. The zero-order chi connectivity index (χ0) is 21.0. The van der Waals surface area contributed by atoms with Gasteiger partial charge in [0, 0.05) is 28.7 Å². The van der Waals surface area contributed by atoms with Crippen LogP contribution in [0.2, 0.25) is 0 Å². The summed E-state index contributed by atoms with van der Waals surface area (Å²) in [6, 6.07) is 14.3. The molecule has 0 bridgehead atoms. The van der Waals surface area contributed by atoms with Crippen LogP contribution in [0.25, 0.3) is 10.9 Å². The number of carbonyl (C=O) groups is 2. The number of fused-ring (bicyclic) bond motifs is 1. The van der Waals surface area contributed by atoms with Gasteiger partial charge in [0.25, 0.3) is 5.91 Å². The number of nitrogens with two attached hydrogens (primary N) is 2. The first kappa shape index (κ1) is 20.6. The van der Waals surface area contributed by atoms with Gasteiger partial charge in [-0.1, -0.05) is 24.3 Å². The minimum Gasteiger partial charge on any atom is -0.469 e. The Morgan fingerprint density at radius 3 is 2.66 bits per heavy atom. The number of amides is 1. The molecule has 0 aliphatic rings. The van der Waals surface area contributed by atoms with Crippen LogP contribution in [0.5, 0.6) is 0 Å². The molecule has 152 valence electrons. The summed E-state index contributed by atoms with van der Waals surface area (Å²) in [5, 5.41) is 3.88. The summed E-state index contributed by atoms with van der Waals surface area (Å²) in [6.07, 6.45) is 1.63. The summed E-state index contributed by atoms with van der Waals surface area (Å²) in [5.41, 5.74) is 14.7. The van der Waals surface area contributed by atoms with Crippen molar-refractivity contribution in [3.05, 3.63) is 71.4 Å². The minimum atomic E-state index is -0.591. The van der Waals surface area contributed by atoms with Gasteiger partial charge < -0.3 is 26.5 Å². The van der Waals surface area contributed by atoms with E-state index in [0.29, 0.717) is 12.0 Å². The van der Waals surface area contributed by atoms with Gasteiger partial charge in [0.2, 0.25) is 0 Å². The van der Waals surface area contributed by atoms with Crippen LogP contribution in [-0.2, 0) is 16.0 Å². The highest BCUT2D eigenvalue weighted by molar-refractivity contribution is 5.98. The van der Waals surface area contributed by atoms with Crippen LogP contribution in [0.1, 0.15) is 34.6 Å². The standard InChI is InChI=1S/C22H26N4O3/c1-13(26-21(27)17-6-7-19-15(12-17)8-9-25-19)18(22(28)29-2)11-14-4-3-5-16(10-14)20(23)24/h3-10,12-13,18,20,25H,11,23-24H2,1-2H3,(H,26,27). The Morgan fingerprint density at radius 1 is 1.14 bits per heavy atom. The second-order valence-electron chi connectivity index (χ2n) is 7.15. The van der Waals surface area contributed by atoms with E-state index >= 15 is 0 Å². The molecule has 6 N–H and O–H groups in total. The average Bonchev–Trinajstić information content (AvgIpc) is 3.19. The number of H-pyrrole nitrogens is 1. The van der Waals surface area contributed by atoms with Gasteiger partial charge in [0.05, 0.1) is 19.2 Å². The molecule has 1 heterocycles. The Bertz CT molecular complexity index is 1010. The van der Waals surface area contributed by atoms with E-state index in [0.717, 1.165) is 22.0 Å². The third-order valence-electron chi connectivity index (χ3n) is 5.07. The molecule has 2 unspecified atom stereocenters. The van der Waals surface area contributed by atoms with Crippen molar-refractivity contribution >= 4 is 22.8 Å². The predicted molar refractivity (Wildman–Crippen MR) is 112 cm³/mol. The Kier molecular flexibility index (Phi) is 6.31. The molecule has 0 fully saturated rings. The van der Waals surface area contributed by atoms with Crippen molar-refractivity contribution in [2.45, 2.75) is 25.6 Å². The lowest BCUT2D eigenvalue weighted by atomic mass is 9.91. The Balaban J connectivity index is 1.76. The van der Waals surface area contributed by atoms with Crippen molar-refractivity contribution in [2.24, 2.45) is 17.4 Å². The molecule has 2 atom stereocenters. The number of rotatable bonds is 7. The van der Waals surface area contributed by atoms with Crippen LogP contribution >= 0.6 is 0 Å². The van der Waals surface area contributed by atoms with Crippen molar-refractivity contribution in [1.82, 2.24) is 10.3 Å². The van der Waals surface area contributed by atoms with E-state index in [1.54, 1.807) is 13.0 Å². The number of ether oxygens (including phenoxy) is 1. The summed E-state index contributed by atoms with van der Waals surface area (Å²) < 4.78 is 4.97. The lowest BCUT2D eigenvalue weighted by Crippen LogP contribution is -2.42. The number of aromatic amines is 1. The number of nitrogens with one attached hydrogen (secondary N) is 2. The van der Waals surface area contributed by atoms with E-state index < -0.39 is 18.1 Å². The molecule has 2 aromatic carbocycles. The monoisotopic (exact) mass is 394 g/mol. The second-order valence-corrected chi connectivity index (χ2v) is 7.15. The van der Waals surface area contributed by atoms with E-state index in [1.165, 1.54) is 7.11 Å². The maximum atomic E-state index is 12.7. The fourth-order valence-corrected chi connectivity index (χ4v) is 3.38. The molecule has 3 rings (SSSR count). The van der Waals surface area contributed by atoms with Gasteiger partial charge in [0.1, 0.15) is 0 Å². The number of hydrogen-bond acceptors (Lipinski definition) is 5. The van der Waals surface area contributed by atoms with E-state index in [2.05, 4.69) is 10.3 Å². The average molecular weight is 394 g/mol. The molecule has 3 aromatic rings. The smallest absolute Gasteiger partial charge is 0.311 e. The zero-order valence-corrected chi connectivity index (χ0v) is 16.5. The Labute approximate surface area is 169 Å². The summed E-state index contributed by atoms with van der Waals surface area (Å²) in [5.74, 6) is -1.18. The van der Waals surface area contributed by atoms with Crippen LogP contribution in [0, 0.1) is 5.92 Å². The Morgan fingerprint density at radius 2 is 1.93 bits per heavy atom. The molecule has 29 heavy (non-hydrogen) atoms. The molecule has 1 amide bonds. The van der Waals surface area contributed by atoms with E-state index in [1.807, 2.05) is 48.7 Å². The van der Waals surface area contributed by atoms with Gasteiger partial charge in [-0.15, -0.1) is 0 Å². The van der Waals surface area contributed by atoms with Crippen LogP contribution in [0.3, 0.4) is 0 Å². The molecule has 1 aromatic heterocycles. The molecule has 0 aliphatic heterocycles. The Hall–Kier alpha value is -3.16. The van der Waals surface area contributed by atoms with Gasteiger partial charge in [-0.05, 0) is 48.7 Å². The third-order valence-corrected chi connectivity index (χ3v) is 5.07. The normalized spacial score (nSPS) is 13.3. The van der Waals surface area contributed by atoms with Crippen LogP contribution in [0.15, 0.2) is 54.7 Å². The summed E-state index contributed by atoms with van der Waals surface area (Å²) in [6.45, 7) is 1.80. The first-order chi connectivity index (χ1) is 13.9. The molecule has 0 saturated carbocycles. The fraction of sp³-hybridized carbons (Fsp3) is 0.273. The van der Waals surface area contributed by atoms with E-state index in [-0.39, 0.29) is 11.9 Å². The quantitative estimate of drug-likeness (QED) is 0.361. The highest BCUT2D eigenvalue weighted by Gasteiger charge is 2.28. The number of aromatic nitrogens is 1. The molecule has 0 spiro atoms. The van der Waals surface area contributed by atoms with Gasteiger partial charge in [-0.2, -0.15) is 0 Å². The minimum absolute atomic E-state index is 0.243. The van der Waals surface area contributed by atoms with Crippen molar-refractivity contribution in [3.8, 4) is 0 Å². The SMILES string of the molecule is COC(=O)C(Cc1cccc(C(N)N)c1)C(C)NC(=O)c1ccc2[nH]ccc2c1. The van der Waals surface area contributed by atoms with Gasteiger partial charge in [-0.25, -0.2) is 0 Å². The number of carbonyl (C=O) groups excluding carboxylic acids is 2. The van der Waals surface area contributed by atoms with Crippen molar-refractivity contribution < 1.29 is 14.3 Å². The van der Waals surface area contributed by atoms with Crippen molar-refractivity contribution in [1.29, 1.82) is 0 Å². The number of benzene rings is 2. The third kappa shape index (κ3) is 4.82. The first-order valence-corrected chi connectivity index (χ1v) is 9.45. The van der Waals surface area contributed by atoms with Gasteiger partial charge in [-0.3, -0.25) is 9.59 Å². The summed E-state index contributed by atoms with van der Waals surface area (Å²) >= 11 is 0. The largest absolute Gasteiger partial charge is 0.469 e. The van der Waals surface area contributed by atoms with Crippen LogP contribution < -0.4 is 16.8 Å². The van der Waals surface area contributed by atoms with Crippen LogP contribution in [0.4, 0.5) is 0 Å². The fourth-order valence-electron chi connectivity index (χ4n) is 3.38. The molecular formula is C22H26N4O3.